The fraction of sp³-hybridized carbons (Fsp3) is 0.111. The Balaban J connectivity index is 1.67. The summed E-state index contributed by atoms with van der Waals surface area (Å²) in [6.07, 6.45) is 1.83. The van der Waals surface area contributed by atoms with Gasteiger partial charge in [-0.25, -0.2) is 4.52 Å². The number of halogens is 2. The van der Waals surface area contributed by atoms with Crippen molar-refractivity contribution in [2.75, 3.05) is 11.1 Å². The van der Waals surface area contributed by atoms with Gasteiger partial charge in [-0.05, 0) is 43.3 Å². The van der Waals surface area contributed by atoms with Gasteiger partial charge in [-0.3, -0.25) is 0 Å². The van der Waals surface area contributed by atoms with Gasteiger partial charge in [-0.1, -0.05) is 6.07 Å². The standard InChI is InChI=1S/C18H15F2N7O/c1-10-14(13-4-2-3-9-27(13)26-10)15-23-17(21)25-18(24-15)22-11-5-7-12(8-6-11)28-16(19)20/h2-9,16H,1H3,(H3,21,22,23,24,25). The maximum Gasteiger partial charge on any atom is 0.387 e. The van der Waals surface area contributed by atoms with Crippen LogP contribution >= 0.6 is 0 Å². The predicted octanol–water partition coefficient (Wildman–Crippen LogP) is 3.42. The maximum absolute atomic E-state index is 12.2. The molecule has 0 saturated carbocycles. The van der Waals surface area contributed by atoms with E-state index in [9.17, 15) is 8.78 Å². The summed E-state index contributed by atoms with van der Waals surface area (Å²) in [7, 11) is 0. The normalized spacial score (nSPS) is 11.1. The first-order valence-corrected chi connectivity index (χ1v) is 8.27. The Morgan fingerprint density at radius 3 is 2.61 bits per heavy atom. The first kappa shape index (κ1) is 17.6. The molecule has 0 aliphatic heterocycles. The molecule has 0 amide bonds. The van der Waals surface area contributed by atoms with E-state index < -0.39 is 6.61 Å². The molecule has 0 spiro atoms. The van der Waals surface area contributed by atoms with Gasteiger partial charge in [0.1, 0.15) is 5.75 Å². The Kier molecular flexibility index (Phi) is 4.44. The van der Waals surface area contributed by atoms with Crippen molar-refractivity contribution in [3.05, 3.63) is 54.4 Å². The minimum Gasteiger partial charge on any atom is -0.435 e. The van der Waals surface area contributed by atoms with Gasteiger partial charge >= 0.3 is 6.61 Å². The quantitative estimate of drug-likeness (QED) is 0.544. The molecule has 8 nitrogen and oxygen atoms in total. The molecule has 28 heavy (non-hydrogen) atoms. The third-order valence-electron chi connectivity index (χ3n) is 3.93. The average Bonchev–Trinajstić information content (AvgIpc) is 2.98. The molecule has 3 aromatic heterocycles. The summed E-state index contributed by atoms with van der Waals surface area (Å²) >= 11 is 0. The van der Waals surface area contributed by atoms with Gasteiger partial charge in [-0.15, -0.1) is 0 Å². The van der Waals surface area contributed by atoms with E-state index in [4.69, 9.17) is 5.73 Å². The number of rotatable bonds is 5. The monoisotopic (exact) mass is 383 g/mol. The Morgan fingerprint density at radius 1 is 1.07 bits per heavy atom. The van der Waals surface area contributed by atoms with Crippen LogP contribution in [0.3, 0.4) is 0 Å². The number of nitrogens with zero attached hydrogens (tertiary/aromatic N) is 5. The maximum atomic E-state index is 12.2. The topological polar surface area (TPSA) is 103 Å². The highest BCUT2D eigenvalue weighted by Crippen LogP contribution is 2.27. The zero-order valence-corrected chi connectivity index (χ0v) is 14.7. The molecule has 0 bridgehead atoms. The van der Waals surface area contributed by atoms with E-state index in [0.29, 0.717) is 11.5 Å². The number of aryl methyl sites for hydroxylation is 1. The zero-order chi connectivity index (χ0) is 19.7. The molecule has 10 heteroatoms. The van der Waals surface area contributed by atoms with Crippen LogP contribution < -0.4 is 15.8 Å². The smallest absolute Gasteiger partial charge is 0.387 e. The van der Waals surface area contributed by atoms with Crippen molar-refractivity contribution < 1.29 is 13.5 Å². The number of pyridine rings is 1. The number of alkyl halides is 2. The van der Waals surface area contributed by atoms with Gasteiger partial charge in [-0.2, -0.15) is 28.8 Å². The van der Waals surface area contributed by atoms with Crippen LogP contribution in [0.25, 0.3) is 16.9 Å². The highest BCUT2D eigenvalue weighted by Gasteiger charge is 2.16. The van der Waals surface area contributed by atoms with Gasteiger partial charge < -0.3 is 15.8 Å². The second kappa shape index (κ2) is 7.06. The van der Waals surface area contributed by atoms with E-state index >= 15 is 0 Å². The number of nitrogen functional groups attached to an aromatic ring is 1. The Hall–Kier alpha value is -3.82. The van der Waals surface area contributed by atoms with Crippen LogP contribution in [0.1, 0.15) is 5.69 Å². The van der Waals surface area contributed by atoms with E-state index in [0.717, 1.165) is 16.8 Å². The number of aromatic nitrogens is 5. The number of nitrogens with one attached hydrogen (secondary N) is 1. The molecule has 4 aromatic rings. The third-order valence-corrected chi connectivity index (χ3v) is 3.93. The number of benzene rings is 1. The molecule has 0 saturated heterocycles. The van der Waals surface area contributed by atoms with Crippen molar-refractivity contribution in [3.63, 3.8) is 0 Å². The lowest BCUT2D eigenvalue weighted by atomic mass is 10.2. The first-order chi connectivity index (χ1) is 13.5. The van der Waals surface area contributed by atoms with Crippen molar-refractivity contribution in [3.8, 4) is 17.1 Å². The second-order valence-corrected chi connectivity index (χ2v) is 5.86. The Labute approximate surface area is 158 Å². The van der Waals surface area contributed by atoms with Gasteiger partial charge in [0.05, 0.1) is 16.8 Å². The third kappa shape index (κ3) is 3.52. The molecule has 0 aliphatic rings. The number of anilines is 3. The minimum atomic E-state index is -2.88. The van der Waals surface area contributed by atoms with Crippen LogP contribution in [0.4, 0.5) is 26.4 Å². The highest BCUT2D eigenvalue weighted by molar-refractivity contribution is 5.79. The number of hydrogen-bond donors (Lipinski definition) is 2. The number of ether oxygens (including phenoxy) is 1. The van der Waals surface area contributed by atoms with E-state index in [-0.39, 0.29) is 17.6 Å². The van der Waals surface area contributed by atoms with E-state index in [2.05, 4.69) is 30.1 Å². The van der Waals surface area contributed by atoms with Crippen molar-refractivity contribution in [1.82, 2.24) is 24.6 Å². The Bertz CT molecular complexity index is 1130. The molecular weight excluding hydrogens is 368 g/mol. The van der Waals surface area contributed by atoms with Crippen LogP contribution in [0, 0.1) is 6.92 Å². The molecule has 1 aromatic carbocycles. The molecule has 0 unspecified atom stereocenters. The summed E-state index contributed by atoms with van der Waals surface area (Å²) in [5.41, 5.74) is 8.77. The van der Waals surface area contributed by atoms with Gasteiger partial charge in [0.15, 0.2) is 5.82 Å². The summed E-state index contributed by atoms with van der Waals surface area (Å²) in [6, 6.07) is 11.6. The van der Waals surface area contributed by atoms with Crippen molar-refractivity contribution >= 4 is 23.1 Å². The van der Waals surface area contributed by atoms with Gasteiger partial charge in [0.2, 0.25) is 11.9 Å². The van der Waals surface area contributed by atoms with E-state index in [1.54, 1.807) is 16.6 Å². The van der Waals surface area contributed by atoms with Crippen molar-refractivity contribution in [1.29, 1.82) is 0 Å². The zero-order valence-electron chi connectivity index (χ0n) is 14.7. The molecule has 3 heterocycles. The summed E-state index contributed by atoms with van der Waals surface area (Å²) in [5, 5.41) is 7.43. The first-order valence-electron chi connectivity index (χ1n) is 8.27. The summed E-state index contributed by atoms with van der Waals surface area (Å²) in [5.74, 6) is 0.698. The average molecular weight is 383 g/mol. The predicted molar refractivity (Wildman–Crippen MR) is 99.5 cm³/mol. The van der Waals surface area contributed by atoms with Gasteiger partial charge in [0, 0.05) is 11.9 Å². The summed E-state index contributed by atoms with van der Waals surface area (Å²) in [6.45, 7) is -1.02. The number of hydrogen-bond acceptors (Lipinski definition) is 7. The van der Waals surface area contributed by atoms with Crippen LogP contribution in [0.15, 0.2) is 48.7 Å². The van der Waals surface area contributed by atoms with Crippen LogP contribution in [0.5, 0.6) is 5.75 Å². The molecule has 0 fully saturated rings. The second-order valence-electron chi connectivity index (χ2n) is 5.86. The number of fused-ring (bicyclic) bond motifs is 1. The van der Waals surface area contributed by atoms with E-state index in [1.165, 1.54) is 12.1 Å². The largest absolute Gasteiger partial charge is 0.435 e. The lowest BCUT2D eigenvalue weighted by molar-refractivity contribution is -0.0498. The molecule has 0 aliphatic carbocycles. The highest BCUT2D eigenvalue weighted by atomic mass is 19.3. The van der Waals surface area contributed by atoms with E-state index in [1.807, 2.05) is 31.3 Å². The van der Waals surface area contributed by atoms with Crippen LogP contribution in [-0.2, 0) is 0 Å². The Morgan fingerprint density at radius 2 is 1.86 bits per heavy atom. The lowest BCUT2D eigenvalue weighted by Crippen LogP contribution is -2.05. The molecule has 3 N–H and O–H groups in total. The van der Waals surface area contributed by atoms with Crippen molar-refractivity contribution in [2.45, 2.75) is 13.5 Å². The SMILES string of the molecule is Cc1nn2ccccc2c1-c1nc(N)nc(Nc2ccc(OC(F)F)cc2)n1. The molecule has 4 rings (SSSR count). The lowest BCUT2D eigenvalue weighted by Gasteiger charge is -2.09. The molecular formula is C18H15F2N7O. The summed E-state index contributed by atoms with van der Waals surface area (Å²) in [4.78, 5) is 12.8. The van der Waals surface area contributed by atoms with Gasteiger partial charge in [0.25, 0.3) is 0 Å². The van der Waals surface area contributed by atoms with Crippen LogP contribution in [0.2, 0.25) is 0 Å². The summed E-state index contributed by atoms with van der Waals surface area (Å²) < 4.78 is 30.6. The van der Waals surface area contributed by atoms with Crippen LogP contribution in [-0.4, -0.2) is 31.2 Å². The molecule has 142 valence electrons. The number of nitrogens with two attached hydrogens (primary N) is 1. The fourth-order valence-corrected chi connectivity index (χ4v) is 2.80. The fourth-order valence-electron chi connectivity index (χ4n) is 2.80. The van der Waals surface area contributed by atoms with Crippen molar-refractivity contribution in [2.24, 2.45) is 0 Å². The molecule has 0 atom stereocenters. The minimum absolute atomic E-state index is 0.0415. The molecule has 0 radical (unpaired) electrons.